The van der Waals surface area contributed by atoms with Gasteiger partial charge in [-0.15, -0.1) is 0 Å². The van der Waals surface area contributed by atoms with Gasteiger partial charge >= 0.3 is 0 Å². The zero-order valence-corrected chi connectivity index (χ0v) is 10.3. The van der Waals surface area contributed by atoms with Crippen molar-refractivity contribution in [2.45, 2.75) is 39.2 Å². The molecule has 1 fully saturated rings. The molecule has 0 aliphatic carbocycles. The van der Waals surface area contributed by atoms with Crippen LogP contribution in [0.2, 0.25) is 0 Å². The predicted molar refractivity (Wildman–Crippen MR) is 65.2 cm³/mol. The monoisotopic (exact) mass is 219 g/mol. The van der Waals surface area contributed by atoms with E-state index in [-0.39, 0.29) is 0 Å². The Bertz CT molecular complexity index is 312. The van der Waals surface area contributed by atoms with Crippen LogP contribution in [0.5, 0.6) is 0 Å². The van der Waals surface area contributed by atoms with E-state index in [1.165, 1.54) is 25.9 Å². The molecule has 1 saturated heterocycles. The number of nitrogens with zero attached hydrogens (tertiary/aromatic N) is 3. The molecule has 1 aromatic rings. The van der Waals surface area contributed by atoms with Gasteiger partial charge < -0.3 is 4.90 Å². The Kier molecular flexibility index (Phi) is 3.88. The van der Waals surface area contributed by atoms with Gasteiger partial charge in [-0.1, -0.05) is 6.92 Å². The van der Waals surface area contributed by atoms with Crippen LogP contribution in [0.1, 0.15) is 32.5 Å². The minimum Gasteiger partial charge on any atom is -0.300 e. The second-order valence-corrected chi connectivity index (χ2v) is 4.78. The van der Waals surface area contributed by atoms with Crippen LogP contribution in [0.15, 0.2) is 18.5 Å². The molecule has 0 N–H and O–H groups in total. The van der Waals surface area contributed by atoms with Crippen molar-refractivity contribution in [1.29, 1.82) is 0 Å². The van der Waals surface area contributed by atoms with Crippen molar-refractivity contribution in [2.24, 2.45) is 5.92 Å². The Morgan fingerprint density at radius 3 is 2.88 bits per heavy atom. The maximum absolute atomic E-state index is 4.30. The lowest BCUT2D eigenvalue weighted by Gasteiger charge is -2.22. The van der Waals surface area contributed by atoms with E-state index in [9.17, 15) is 0 Å². The Morgan fingerprint density at radius 1 is 1.44 bits per heavy atom. The Morgan fingerprint density at radius 2 is 2.19 bits per heavy atom. The van der Waals surface area contributed by atoms with Gasteiger partial charge in [0.2, 0.25) is 0 Å². The summed E-state index contributed by atoms with van der Waals surface area (Å²) in [6, 6.07) is 2.60. The number of likely N-dealkylation sites (tertiary alicyclic amines) is 1. The molecule has 0 aromatic carbocycles. The molecular formula is C13H21N3. The summed E-state index contributed by atoms with van der Waals surface area (Å²) in [6.07, 6.45) is 7.25. The van der Waals surface area contributed by atoms with Crippen molar-refractivity contribution >= 4 is 0 Å². The highest BCUT2D eigenvalue weighted by molar-refractivity contribution is 4.92. The summed E-state index contributed by atoms with van der Waals surface area (Å²) in [5, 5.41) is 0. The fourth-order valence-corrected chi connectivity index (χ4v) is 2.38. The Balaban J connectivity index is 1.85. The first-order chi connectivity index (χ1) is 7.79. The average Bonchev–Trinajstić information content (AvgIpc) is 2.78. The third-order valence-corrected chi connectivity index (χ3v) is 3.62. The van der Waals surface area contributed by atoms with Gasteiger partial charge in [0.05, 0.1) is 0 Å². The van der Waals surface area contributed by atoms with Crippen LogP contribution in [-0.2, 0) is 6.42 Å². The first-order valence-electron chi connectivity index (χ1n) is 6.29. The second kappa shape index (κ2) is 5.39. The predicted octanol–water partition coefficient (Wildman–Crippen LogP) is 2.14. The molecule has 2 unspecified atom stereocenters. The van der Waals surface area contributed by atoms with Gasteiger partial charge in [0.25, 0.3) is 0 Å². The van der Waals surface area contributed by atoms with Crippen molar-refractivity contribution in [3.63, 3.8) is 0 Å². The molecular weight excluding hydrogens is 198 g/mol. The van der Waals surface area contributed by atoms with Crippen molar-refractivity contribution < 1.29 is 0 Å². The first kappa shape index (κ1) is 11.5. The minimum absolute atomic E-state index is 0.724. The van der Waals surface area contributed by atoms with Gasteiger partial charge in [0.15, 0.2) is 0 Å². The molecule has 2 heterocycles. The number of hydrogen-bond donors (Lipinski definition) is 0. The van der Waals surface area contributed by atoms with Gasteiger partial charge in [-0.3, -0.25) is 0 Å². The fourth-order valence-electron chi connectivity index (χ4n) is 2.38. The zero-order valence-electron chi connectivity index (χ0n) is 10.3. The van der Waals surface area contributed by atoms with Crippen LogP contribution in [0.4, 0.5) is 0 Å². The van der Waals surface area contributed by atoms with Crippen molar-refractivity contribution in [3.05, 3.63) is 24.3 Å². The van der Waals surface area contributed by atoms with Crippen LogP contribution in [0, 0.1) is 5.92 Å². The first-order valence-corrected chi connectivity index (χ1v) is 6.29. The topological polar surface area (TPSA) is 29.0 Å². The second-order valence-electron chi connectivity index (χ2n) is 4.78. The normalized spacial score (nSPS) is 23.5. The van der Waals surface area contributed by atoms with Gasteiger partial charge in [0.1, 0.15) is 5.82 Å². The van der Waals surface area contributed by atoms with Crippen molar-refractivity contribution in [2.75, 3.05) is 13.1 Å². The van der Waals surface area contributed by atoms with Crippen LogP contribution in [0.3, 0.4) is 0 Å². The van der Waals surface area contributed by atoms with E-state index in [4.69, 9.17) is 0 Å². The molecule has 88 valence electrons. The van der Waals surface area contributed by atoms with Gasteiger partial charge in [0, 0.05) is 31.4 Å². The molecule has 0 radical (unpaired) electrons. The summed E-state index contributed by atoms with van der Waals surface area (Å²) in [5.41, 5.74) is 0. The Labute approximate surface area is 97.9 Å². The zero-order chi connectivity index (χ0) is 11.4. The SMILES string of the molecule is CCC(C)N1CCC(Cc2ncccn2)C1. The molecule has 0 amide bonds. The van der Waals surface area contributed by atoms with E-state index in [1.807, 2.05) is 18.5 Å². The van der Waals surface area contributed by atoms with E-state index in [1.54, 1.807) is 0 Å². The maximum atomic E-state index is 4.30. The molecule has 3 nitrogen and oxygen atoms in total. The standard InChI is InChI=1S/C13H21N3/c1-3-11(2)16-8-5-12(10-16)9-13-14-6-4-7-15-13/h4,6-7,11-12H,3,5,8-10H2,1-2H3. The lowest BCUT2D eigenvalue weighted by atomic mass is 10.0. The maximum Gasteiger partial charge on any atom is 0.128 e. The summed E-state index contributed by atoms with van der Waals surface area (Å²) in [4.78, 5) is 11.2. The van der Waals surface area contributed by atoms with Crippen LogP contribution in [-0.4, -0.2) is 34.0 Å². The molecule has 1 aliphatic rings. The summed E-state index contributed by atoms with van der Waals surface area (Å²) in [5.74, 6) is 1.75. The highest BCUT2D eigenvalue weighted by atomic mass is 15.2. The third kappa shape index (κ3) is 2.79. The van der Waals surface area contributed by atoms with Gasteiger partial charge in [-0.2, -0.15) is 0 Å². The molecule has 0 spiro atoms. The molecule has 1 aromatic heterocycles. The summed E-state index contributed by atoms with van der Waals surface area (Å²) >= 11 is 0. The molecule has 2 atom stereocenters. The lowest BCUT2D eigenvalue weighted by molar-refractivity contribution is 0.243. The van der Waals surface area contributed by atoms with Gasteiger partial charge in [-0.25, -0.2) is 9.97 Å². The molecule has 16 heavy (non-hydrogen) atoms. The van der Waals surface area contributed by atoms with E-state index >= 15 is 0 Å². The largest absolute Gasteiger partial charge is 0.300 e. The van der Waals surface area contributed by atoms with Crippen LogP contribution < -0.4 is 0 Å². The summed E-state index contributed by atoms with van der Waals surface area (Å²) in [7, 11) is 0. The molecule has 2 rings (SSSR count). The van der Waals surface area contributed by atoms with Crippen LogP contribution in [0.25, 0.3) is 0 Å². The molecule has 0 bridgehead atoms. The third-order valence-electron chi connectivity index (χ3n) is 3.62. The fraction of sp³-hybridized carbons (Fsp3) is 0.692. The number of rotatable bonds is 4. The number of aromatic nitrogens is 2. The minimum atomic E-state index is 0.724. The molecule has 3 heteroatoms. The van der Waals surface area contributed by atoms with Crippen LogP contribution >= 0.6 is 0 Å². The quantitative estimate of drug-likeness (QED) is 0.777. The molecule has 1 aliphatic heterocycles. The van der Waals surface area contributed by atoms with Crippen molar-refractivity contribution in [3.8, 4) is 0 Å². The highest BCUT2D eigenvalue weighted by Gasteiger charge is 2.25. The smallest absolute Gasteiger partial charge is 0.128 e. The molecule has 0 saturated carbocycles. The van der Waals surface area contributed by atoms with Crippen molar-refractivity contribution in [1.82, 2.24) is 14.9 Å². The Hall–Kier alpha value is -0.960. The lowest BCUT2D eigenvalue weighted by Crippen LogP contribution is -2.30. The number of hydrogen-bond acceptors (Lipinski definition) is 3. The van der Waals surface area contributed by atoms with Gasteiger partial charge in [-0.05, 0) is 38.3 Å². The average molecular weight is 219 g/mol. The summed E-state index contributed by atoms with van der Waals surface area (Å²) < 4.78 is 0. The van der Waals surface area contributed by atoms with E-state index in [0.717, 1.165) is 24.2 Å². The summed E-state index contributed by atoms with van der Waals surface area (Å²) in [6.45, 7) is 7.04. The highest BCUT2D eigenvalue weighted by Crippen LogP contribution is 2.22. The van der Waals surface area contributed by atoms with E-state index < -0.39 is 0 Å². The van der Waals surface area contributed by atoms with E-state index in [2.05, 4.69) is 28.7 Å². The van der Waals surface area contributed by atoms with E-state index in [0.29, 0.717) is 0 Å².